The number of aromatic nitrogens is 2. The van der Waals surface area contributed by atoms with Crippen LogP contribution in [0.2, 0.25) is 0 Å². The molecule has 0 atom stereocenters. The molecule has 3 N–H and O–H groups in total. The van der Waals surface area contributed by atoms with E-state index in [2.05, 4.69) is 20.5 Å². The van der Waals surface area contributed by atoms with E-state index in [1.807, 2.05) is 0 Å². The number of aryl methyl sites for hydroxylation is 1. The van der Waals surface area contributed by atoms with Crippen LogP contribution in [0.3, 0.4) is 0 Å². The van der Waals surface area contributed by atoms with Crippen molar-refractivity contribution in [3.63, 3.8) is 0 Å². The van der Waals surface area contributed by atoms with Crippen LogP contribution in [0.4, 0.5) is 20.7 Å². The number of halogens is 1. The van der Waals surface area contributed by atoms with Gasteiger partial charge in [0.15, 0.2) is 5.82 Å². The number of urea groups is 1. The Balaban J connectivity index is 1.50. The number of nitrogens with one attached hydrogen (secondary N) is 3. The molecule has 2 aromatic carbocycles. The van der Waals surface area contributed by atoms with Crippen LogP contribution >= 0.6 is 0 Å². The first-order valence-electron chi connectivity index (χ1n) is 8.75. The Labute approximate surface area is 167 Å². The highest BCUT2D eigenvalue weighted by molar-refractivity contribution is 7.92. The lowest BCUT2D eigenvalue weighted by molar-refractivity contribution is 0.252. The number of benzene rings is 2. The van der Waals surface area contributed by atoms with Crippen LogP contribution in [-0.2, 0) is 10.0 Å². The lowest BCUT2D eigenvalue weighted by Crippen LogP contribution is -2.34. The van der Waals surface area contributed by atoms with Crippen LogP contribution in [0.15, 0.2) is 60.8 Å². The number of para-hydroxylation sites is 1. The number of anilines is 2. The summed E-state index contributed by atoms with van der Waals surface area (Å²) in [7, 11) is -3.59. The van der Waals surface area contributed by atoms with Gasteiger partial charge in [-0.05, 0) is 42.8 Å². The number of amides is 2. The van der Waals surface area contributed by atoms with Gasteiger partial charge in [-0.15, -0.1) is 5.10 Å². The average Bonchev–Trinajstić information content (AvgIpc) is 3.10. The molecule has 2 amide bonds. The van der Waals surface area contributed by atoms with Crippen LogP contribution in [0, 0.1) is 12.7 Å². The second-order valence-corrected chi connectivity index (χ2v) is 8.09. The SMILES string of the molecule is Cc1cc(F)ccc1-n1ccc(NC(=O)NCCS(=O)(=O)Nc2ccccc2)n1. The summed E-state index contributed by atoms with van der Waals surface area (Å²) in [5.41, 5.74) is 1.83. The molecular weight excluding hydrogens is 397 g/mol. The molecule has 8 nitrogen and oxygen atoms in total. The maximum atomic E-state index is 13.2. The lowest BCUT2D eigenvalue weighted by atomic mass is 10.2. The van der Waals surface area contributed by atoms with Crippen molar-refractivity contribution < 1.29 is 17.6 Å². The monoisotopic (exact) mass is 417 g/mol. The number of carbonyl (C=O) groups excluding carboxylic acids is 1. The number of hydrogen-bond donors (Lipinski definition) is 3. The summed E-state index contributed by atoms with van der Waals surface area (Å²) in [5, 5.41) is 9.22. The van der Waals surface area contributed by atoms with Crippen molar-refractivity contribution >= 4 is 27.6 Å². The first kappa shape index (κ1) is 20.3. The highest BCUT2D eigenvalue weighted by Gasteiger charge is 2.12. The fraction of sp³-hybridized carbons (Fsp3) is 0.158. The molecule has 1 heterocycles. The summed E-state index contributed by atoms with van der Waals surface area (Å²) >= 11 is 0. The minimum absolute atomic E-state index is 0.0776. The zero-order chi connectivity index (χ0) is 20.9. The summed E-state index contributed by atoms with van der Waals surface area (Å²) in [6, 6.07) is 13.8. The number of rotatable bonds is 7. The standard InChI is InChI=1S/C19H20FN5O3S/c1-14-13-15(20)7-8-17(14)25-11-9-18(23-25)22-19(26)21-10-12-29(27,28)24-16-5-3-2-4-6-16/h2-9,11,13,24H,10,12H2,1H3,(H2,21,22,23,26). The van der Waals surface area contributed by atoms with Crippen molar-refractivity contribution in [1.29, 1.82) is 0 Å². The molecule has 0 saturated heterocycles. The normalized spacial score (nSPS) is 11.1. The van der Waals surface area contributed by atoms with Crippen LogP contribution in [0.25, 0.3) is 5.69 Å². The molecule has 0 saturated carbocycles. The number of sulfonamides is 1. The Hall–Kier alpha value is -3.40. The highest BCUT2D eigenvalue weighted by Crippen LogP contribution is 2.16. The molecule has 0 unspecified atom stereocenters. The van der Waals surface area contributed by atoms with E-state index in [1.165, 1.54) is 16.8 Å². The van der Waals surface area contributed by atoms with E-state index in [4.69, 9.17) is 0 Å². The fourth-order valence-corrected chi connectivity index (χ4v) is 3.56. The topological polar surface area (TPSA) is 105 Å². The van der Waals surface area contributed by atoms with Gasteiger partial charge < -0.3 is 5.32 Å². The van der Waals surface area contributed by atoms with Crippen LogP contribution in [0.5, 0.6) is 0 Å². The van der Waals surface area contributed by atoms with E-state index < -0.39 is 16.1 Å². The second kappa shape index (κ2) is 8.74. The van der Waals surface area contributed by atoms with E-state index in [0.29, 0.717) is 16.9 Å². The number of nitrogens with zero attached hydrogens (tertiary/aromatic N) is 2. The fourth-order valence-electron chi connectivity index (χ4n) is 2.60. The maximum Gasteiger partial charge on any atom is 0.320 e. The molecule has 0 radical (unpaired) electrons. The van der Waals surface area contributed by atoms with Crippen molar-refractivity contribution in [1.82, 2.24) is 15.1 Å². The van der Waals surface area contributed by atoms with Gasteiger partial charge in [-0.2, -0.15) is 0 Å². The molecule has 152 valence electrons. The van der Waals surface area contributed by atoms with Gasteiger partial charge in [0.2, 0.25) is 10.0 Å². The van der Waals surface area contributed by atoms with Gasteiger partial charge in [0.25, 0.3) is 0 Å². The van der Waals surface area contributed by atoms with Crippen LogP contribution in [0.1, 0.15) is 5.56 Å². The Morgan fingerprint density at radius 1 is 1.14 bits per heavy atom. The van der Waals surface area contributed by atoms with Crippen LogP contribution in [-0.4, -0.2) is 36.5 Å². The predicted molar refractivity (Wildman–Crippen MR) is 109 cm³/mol. The van der Waals surface area contributed by atoms with Gasteiger partial charge in [-0.1, -0.05) is 18.2 Å². The molecule has 0 aliphatic heterocycles. The average molecular weight is 417 g/mol. The van der Waals surface area contributed by atoms with Gasteiger partial charge in [-0.25, -0.2) is 22.3 Å². The predicted octanol–water partition coefficient (Wildman–Crippen LogP) is 2.88. The Kier molecular flexibility index (Phi) is 6.13. The molecule has 1 aromatic heterocycles. The molecule has 0 aliphatic rings. The molecule has 10 heteroatoms. The largest absolute Gasteiger partial charge is 0.337 e. The van der Waals surface area contributed by atoms with Crippen molar-refractivity contribution in [3.05, 3.63) is 72.2 Å². The number of hydrogen-bond acceptors (Lipinski definition) is 4. The summed E-state index contributed by atoms with van der Waals surface area (Å²) in [4.78, 5) is 12.0. The van der Waals surface area contributed by atoms with Gasteiger partial charge in [0.05, 0.1) is 11.4 Å². The van der Waals surface area contributed by atoms with E-state index in [9.17, 15) is 17.6 Å². The smallest absolute Gasteiger partial charge is 0.320 e. The van der Waals surface area contributed by atoms with E-state index >= 15 is 0 Å². The zero-order valence-electron chi connectivity index (χ0n) is 15.6. The summed E-state index contributed by atoms with van der Waals surface area (Å²) in [6.07, 6.45) is 1.63. The third-order valence-corrected chi connectivity index (χ3v) is 5.23. The minimum Gasteiger partial charge on any atom is -0.337 e. The third kappa shape index (κ3) is 5.79. The van der Waals surface area contributed by atoms with Crippen molar-refractivity contribution in [2.24, 2.45) is 0 Å². The van der Waals surface area contributed by atoms with E-state index in [1.54, 1.807) is 55.6 Å². The Bertz CT molecular complexity index is 1100. The van der Waals surface area contributed by atoms with Crippen molar-refractivity contribution in [2.75, 3.05) is 22.3 Å². The quantitative estimate of drug-likeness (QED) is 0.550. The highest BCUT2D eigenvalue weighted by atomic mass is 32.2. The van der Waals surface area contributed by atoms with Crippen LogP contribution < -0.4 is 15.4 Å². The molecular formula is C19H20FN5O3S. The first-order chi connectivity index (χ1) is 13.8. The second-order valence-electron chi connectivity index (χ2n) is 6.24. The summed E-state index contributed by atoms with van der Waals surface area (Å²) < 4.78 is 41.2. The number of carbonyl (C=O) groups is 1. The lowest BCUT2D eigenvalue weighted by Gasteiger charge is -2.09. The Morgan fingerprint density at radius 3 is 2.62 bits per heavy atom. The van der Waals surface area contributed by atoms with Gasteiger partial charge in [0, 0.05) is 24.5 Å². The maximum absolute atomic E-state index is 13.2. The summed E-state index contributed by atoms with van der Waals surface area (Å²) in [6.45, 7) is 1.68. The molecule has 0 spiro atoms. The zero-order valence-corrected chi connectivity index (χ0v) is 16.4. The van der Waals surface area contributed by atoms with E-state index in [-0.39, 0.29) is 23.9 Å². The first-order valence-corrected chi connectivity index (χ1v) is 10.4. The molecule has 3 aromatic rings. The van der Waals surface area contributed by atoms with Crippen molar-refractivity contribution in [2.45, 2.75) is 6.92 Å². The third-order valence-electron chi connectivity index (χ3n) is 3.94. The molecule has 29 heavy (non-hydrogen) atoms. The van der Waals surface area contributed by atoms with Gasteiger partial charge in [0.1, 0.15) is 5.82 Å². The summed E-state index contributed by atoms with van der Waals surface area (Å²) in [5.74, 6) is -0.345. The van der Waals surface area contributed by atoms with E-state index in [0.717, 1.165) is 0 Å². The molecule has 0 aliphatic carbocycles. The molecule has 3 rings (SSSR count). The van der Waals surface area contributed by atoms with Gasteiger partial charge in [-0.3, -0.25) is 10.0 Å². The Morgan fingerprint density at radius 2 is 1.90 bits per heavy atom. The molecule has 0 bridgehead atoms. The van der Waals surface area contributed by atoms with Crippen molar-refractivity contribution in [3.8, 4) is 5.69 Å². The van der Waals surface area contributed by atoms with Gasteiger partial charge >= 0.3 is 6.03 Å². The molecule has 0 fully saturated rings. The minimum atomic E-state index is -3.59.